The average Bonchev–Trinajstić information content (AvgIpc) is 2.20. The second-order valence-electron chi connectivity index (χ2n) is 4.28. The minimum absolute atomic E-state index is 0.623. The Balaban J connectivity index is 1.80. The Morgan fingerprint density at radius 2 is 2.40 bits per heavy atom. The van der Waals surface area contributed by atoms with Crippen LogP contribution in [0.3, 0.4) is 0 Å². The van der Waals surface area contributed by atoms with E-state index >= 15 is 0 Å². The van der Waals surface area contributed by atoms with Crippen LogP contribution in [0.15, 0.2) is 18.3 Å². The fourth-order valence-electron chi connectivity index (χ4n) is 1.91. The molecule has 0 bridgehead atoms. The van der Waals surface area contributed by atoms with Gasteiger partial charge in [-0.2, -0.15) is 0 Å². The lowest BCUT2D eigenvalue weighted by Crippen LogP contribution is -2.55. The van der Waals surface area contributed by atoms with E-state index in [-0.39, 0.29) is 0 Å². The van der Waals surface area contributed by atoms with Crippen molar-refractivity contribution in [3.05, 3.63) is 23.9 Å². The number of hydrogen-bond acceptors (Lipinski definition) is 3. The van der Waals surface area contributed by atoms with E-state index in [1.165, 1.54) is 18.5 Å². The molecule has 2 rings (SSSR count). The van der Waals surface area contributed by atoms with Gasteiger partial charge in [0.15, 0.2) is 0 Å². The molecule has 1 aromatic heterocycles. The largest absolute Gasteiger partial charge is 0.369 e. The predicted molar refractivity (Wildman–Crippen MR) is 63.0 cm³/mol. The molecule has 0 aliphatic carbocycles. The molecule has 0 spiro atoms. The second-order valence-corrected chi connectivity index (χ2v) is 4.28. The maximum absolute atomic E-state index is 4.32. The Morgan fingerprint density at radius 1 is 1.53 bits per heavy atom. The molecule has 1 aromatic rings. The van der Waals surface area contributed by atoms with E-state index in [0.717, 1.165) is 18.3 Å². The monoisotopic (exact) mass is 205 g/mol. The number of aromatic nitrogens is 1. The molecule has 15 heavy (non-hydrogen) atoms. The van der Waals surface area contributed by atoms with Gasteiger partial charge in [0, 0.05) is 18.8 Å². The minimum atomic E-state index is 0.623. The highest BCUT2D eigenvalue weighted by atomic mass is 15.1. The van der Waals surface area contributed by atoms with Gasteiger partial charge in [0.1, 0.15) is 5.82 Å². The fraction of sp³-hybridized carbons (Fsp3) is 0.583. The first kappa shape index (κ1) is 10.4. The van der Waals surface area contributed by atoms with Crippen molar-refractivity contribution < 1.29 is 0 Å². The summed E-state index contributed by atoms with van der Waals surface area (Å²) in [5, 5.41) is 6.80. The molecule has 1 aliphatic rings. The number of anilines is 1. The van der Waals surface area contributed by atoms with Crippen molar-refractivity contribution in [2.45, 2.75) is 26.3 Å². The summed E-state index contributed by atoms with van der Waals surface area (Å²) in [6.07, 6.45) is 3.16. The Morgan fingerprint density at radius 3 is 2.93 bits per heavy atom. The van der Waals surface area contributed by atoms with E-state index in [0.29, 0.717) is 6.04 Å². The molecular weight excluding hydrogens is 186 g/mol. The molecule has 1 saturated heterocycles. The van der Waals surface area contributed by atoms with Crippen molar-refractivity contribution in [1.29, 1.82) is 0 Å². The molecular formula is C12H19N3. The van der Waals surface area contributed by atoms with E-state index in [9.17, 15) is 0 Å². The fourth-order valence-corrected chi connectivity index (χ4v) is 1.91. The lowest BCUT2D eigenvalue weighted by molar-refractivity contribution is 0.236. The summed E-state index contributed by atoms with van der Waals surface area (Å²) in [6, 6.07) is 4.74. The first-order valence-corrected chi connectivity index (χ1v) is 5.69. The zero-order valence-corrected chi connectivity index (χ0v) is 9.46. The van der Waals surface area contributed by atoms with Crippen molar-refractivity contribution in [2.24, 2.45) is 5.92 Å². The van der Waals surface area contributed by atoms with Crippen molar-refractivity contribution in [3.63, 3.8) is 0 Å². The quantitative estimate of drug-likeness (QED) is 0.787. The van der Waals surface area contributed by atoms with Crippen LogP contribution in [0.2, 0.25) is 0 Å². The summed E-state index contributed by atoms with van der Waals surface area (Å²) in [6.45, 7) is 6.46. The Bertz CT molecular complexity index is 305. The number of nitrogens with one attached hydrogen (secondary N) is 2. The number of hydrogen-bond donors (Lipinski definition) is 2. The summed E-state index contributed by atoms with van der Waals surface area (Å²) in [7, 11) is 0. The Kier molecular flexibility index (Phi) is 3.21. The maximum atomic E-state index is 4.32. The van der Waals surface area contributed by atoms with Crippen LogP contribution in [-0.4, -0.2) is 24.1 Å². The standard InChI is InChI=1S/C12H19N3/c1-3-10-7-13-11(10)8-15-12-5-4-9(2)6-14-12/h4-6,10-11,13H,3,7-8H2,1-2H3,(H,14,15)/t10-,11?/m0/s1. The van der Waals surface area contributed by atoms with Gasteiger partial charge in [-0.25, -0.2) is 4.98 Å². The summed E-state index contributed by atoms with van der Waals surface area (Å²) in [4.78, 5) is 4.32. The first-order chi connectivity index (χ1) is 7.29. The molecule has 0 saturated carbocycles. The molecule has 1 aliphatic heterocycles. The van der Waals surface area contributed by atoms with Crippen LogP contribution in [0, 0.1) is 12.8 Å². The molecule has 3 nitrogen and oxygen atoms in total. The van der Waals surface area contributed by atoms with Crippen LogP contribution < -0.4 is 10.6 Å². The van der Waals surface area contributed by atoms with Crippen molar-refractivity contribution in [2.75, 3.05) is 18.4 Å². The van der Waals surface area contributed by atoms with E-state index in [2.05, 4.69) is 35.5 Å². The van der Waals surface area contributed by atoms with Crippen molar-refractivity contribution in [3.8, 4) is 0 Å². The molecule has 0 radical (unpaired) electrons. The highest BCUT2D eigenvalue weighted by Crippen LogP contribution is 2.17. The smallest absolute Gasteiger partial charge is 0.125 e. The van der Waals surface area contributed by atoms with Crippen molar-refractivity contribution in [1.82, 2.24) is 10.3 Å². The summed E-state index contributed by atoms with van der Waals surface area (Å²) in [5.41, 5.74) is 1.20. The third-order valence-electron chi connectivity index (χ3n) is 3.15. The minimum Gasteiger partial charge on any atom is -0.369 e. The van der Waals surface area contributed by atoms with E-state index in [4.69, 9.17) is 0 Å². The van der Waals surface area contributed by atoms with Crippen LogP contribution in [0.4, 0.5) is 5.82 Å². The maximum Gasteiger partial charge on any atom is 0.125 e. The molecule has 1 unspecified atom stereocenters. The van der Waals surface area contributed by atoms with E-state index in [1.807, 2.05) is 12.3 Å². The average molecular weight is 205 g/mol. The van der Waals surface area contributed by atoms with Gasteiger partial charge in [-0.3, -0.25) is 0 Å². The van der Waals surface area contributed by atoms with Gasteiger partial charge in [-0.15, -0.1) is 0 Å². The van der Waals surface area contributed by atoms with Crippen LogP contribution in [0.5, 0.6) is 0 Å². The molecule has 82 valence electrons. The Labute approximate surface area is 91.3 Å². The Hall–Kier alpha value is -1.09. The van der Waals surface area contributed by atoms with Gasteiger partial charge in [0.2, 0.25) is 0 Å². The van der Waals surface area contributed by atoms with Gasteiger partial charge in [0.25, 0.3) is 0 Å². The van der Waals surface area contributed by atoms with Gasteiger partial charge < -0.3 is 10.6 Å². The molecule has 2 heterocycles. The zero-order chi connectivity index (χ0) is 10.7. The van der Waals surface area contributed by atoms with Crippen LogP contribution in [0.25, 0.3) is 0 Å². The van der Waals surface area contributed by atoms with E-state index in [1.54, 1.807) is 0 Å². The van der Waals surface area contributed by atoms with E-state index < -0.39 is 0 Å². The molecule has 2 atom stereocenters. The molecule has 0 amide bonds. The highest BCUT2D eigenvalue weighted by molar-refractivity contribution is 5.35. The first-order valence-electron chi connectivity index (χ1n) is 5.69. The van der Waals surface area contributed by atoms with Gasteiger partial charge in [0.05, 0.1) is 0 Å². The summed E-state index contributed by atoms with van der Waals surface area (Å²) in [5.74, 6) is 1.81. The number of rotatable bonds is 4. The molecule has 2 N–H and O–H groups in total. The van der Waals surface area contributed by atoms with Gasteiger partial charge >= 0.3 is 0 Å². The predicted octanol–water partition coefficient (Wildman–Crippen LogP) is 1.80. The lowest BCUT2D eigenvalue weighted by Gasteiger charge is -2.37. The second kappa shape index (κ2) is 4.62. The molecule has 1 fully saturated rings. The van der Waals surface area contributed by atoms with Crippen LogP contribution in [0.1, 0.15) is 18.9 Å². The van der Waals surface area contributed by atoms with Gasteiger partial charge in [-0.05, 0) is 31.0 Å². The third kappa shape index (κ3) is 2.48. The zero-order valence-electron chi connectivity index (χ0n) is 9.46. The summed E-state index contributed by atoms with van der Waals surface area (Å²) < 4.78 is 0. The normalized spacial score (nSPS) is 24.7. The highest BCUT2D eigenvalue weighted by Gasteiger charge is 2.27. The van der Waals surface area contributed by atoms with Crippen LogP contribution >= 0.6 is 0 Å². The number of nitrogens with zero attached hydrogens (tertiary/aromatic N) is 1. The lowest BCUT2D eigenvalue weighted by atomic mass is 9.89. The SMILES string of the molecule is CC[C@H]1CNC1CNc1ccc(C)cn1. The number of pyridine rings is 1. The third-order valence-corrected chi connectivity index (χ3v) is 3.15. The summed E-state index contributed by atoms with van der Waals surface area (Å²) >= 11 is 0. The topological polar surface area (TPSA) is 37.0 Å². The van der Waals surface area contributed by atoms with Crippen molar-refractivity contribution >= 4 is 5.82 Å². The molecule has 3 heteroatoms. The molecule has 0 aromatic carbocycles. The van der Waals surface area contributed by atoms with Crippen LogP contribution in [-0.2, 0) is 0 Å². The van der Waals surface area contributed by atoms with Gasteiger partial charge in [-0.1, -0.05) is 19.4 Å². The number of aryl methyl sites for hydroxylation is 1.